The summed E-state index contributed by atoms with van der Waals surface area (Å²) < 4.78 is 5.84. The normalized spacial score (nSPS) is 18.8. The van der Waals surface area contributed by atoms with Crippen LogP contribution in [0.4, 0.5) is 0 Å². The number of benzene rings is 1. The molecule has 1 N–H and O–H groups in total. The van der Waals surface area contributed by atoms with E-state index < -0.39 is 0 Å². The van der Waals surface area contributed by atoms with Gasteiger partial charge in [0.1, 0.15) is 12.4 Å². The van der Waals surface area contributed by atoms with E-state index in [4.69, 9.17) is 4.74 Å². The highest BCUT2D eigenvalue weighted by atomic mass is 16.5. The second kappa shape index (κ2) is 5.96. The maximum Gasteiger partial charge on any atom is 0.119 e. The minimum Gasteiger partial charge on any atom is -0.492 e. The van der Waals surface area contributed by atoms with Gasteiger partial charge in [0.25, 0.3) is 0 Å². The third-order valence-corrected chi connectivity index (χ3v) is 4.32. The number of hydrogen-bond acceptors (Lipinski definition) is 2. The molecule has 0 atom stereocenters. The van der Waals surface area contributed by atoms with Crippen LogP contribution in [0.3, 0.4) is 0 Å². The lowest BCUT2D eigenvalue weighted by Gasteiger charge is -2.17. The Morgan fingerprint density at radius 1 is 1.21 bits per heavy atom. The average molecular weight is 259 g/mol. The molecular formula is C17H25NO. The number of aryl methyl sites for hydroxylation is 1. The molecule has 0 amide bonds. The lowest BCUT2D eigenvalue weighted by molar-refractivity contribution is 0.293. The lowest BCUT2D eigenvalue weighted by atomic mass is 10.1. The van der Waals surface area contributed by atoms with Crippen LogP contribution in [-0.4, -0.2) is 19.2 Å². The van der Waals surface area contributed by atoms with Crippen molar-refractivity contribution in [3.63, 3.8) is 0 Å². The summed E-state index contributed by atoms with van der Waals surface area (Å²) in [7, 11) is 0. The van der Waals surface area contributed by atoms with Crippen LogP contribution in [0.15, 0.2) is 24.3 Å². The van der Waals surface area contributed by atoms with Crippen molar-refractivity contribution >= 4 is 0 Å². The maximum atomic E-state index is 5.84. The van der Waals surface area contributed by atoms with Gasteiger partial charge in [0.05, 0.1) is 0 Å². The van der Waals surface area contributed by atoms with Crippen molar-refractivity contribution in [3.8, 4) is 5.75 Å². The highest BCUT2D eigenvalue weighted by Gasteiger charge is 2.40. The Morgan fingerprint density at radius 2 is 1.95 bits per heavy atom. The molecule has 1 aromatic rings. The van der Waals surface area contributed by atoms with Crippen molar-refractivity contribution in [3.05, 3.63) is 29.8 Å². The predicted molar refractivity (Wildman–Crippen MR) is 78.6 cm³/mol. The molecule has 2 aliphatic carbocycles. The highest BCUT2D eigenvalue weighted by Crippen LogP contribution is 2.44. The van der Waals surface area contributed by atoms with E-state index in [9.17, 15) is 0 Å². The van der Waals surface area contributed by atoms with Gasteiger partial charge >= 0.3 is 0 Å². The number of hydrogen-bond donors (Lipinski definition) is 1. The molecule has 2 heteroatoms. The molecule has 0 aromatic heterocycles. The zero-order chi connectivity index (χ0) is 13.1. The monoisotopic (exact) mass is 259 g/mol. The summed E-state index contributed by atoms with van der Waals surface area (Å²) in [5.74, 6) is 2.95. The van der Waals surface area contributed by atoms with Crippen LogP contribution in [0.2, 0.25) is 0 Å². The topological polar surface area (TPSA) is 21.3 Å². The zero-order valence-corrected chi connectivity index (χ0v) is 11.9. The van der Waals surface area contributed by atoms with Crippen molar-refractivity contribution in [2.75, 3.05) is 13.2 Å². The van der Waals surface area contributed by atoms with Crippen molar-refractivity contribution < 1.29 is 4.74 Å². The van der Waals surface area contributed by atoms with Crippen molar-refractivity contribution in [1.29, 1.82) is 0 Å². The Bertz CT molecular complexity index is 397. The van der Waals surface area contributed by atoms with E-state index >= 15 is 0 Å². The first-order valence-electron chi connectivity index (χ1n) is 7.82. The molecule has 1 aromatic carbocycles. The summed E-state index contributed by atoms with van der Waals surface area (Å²) in [4.78, 5) is 0. The standard InChI is InChI=1S/C17H25NO/c1-2-13-4-3-5-16(12-13)19-11-10-18-17(14-6-7-14)15-8-9-15/h3-5,12,14-15,17-18H,2,6-11H2,1H3. The van der Waals surface area contributed by atoms with Gasteiger partial charge in [-0.1, -0.05) is 19.1 Å². The quantitative estimate of drug-likeness (QED) is 0.722. The van der Waals surface area contributed by atoms with Gasteiger partial charge < -0.3 is 10.1 Å². The van der Waals surface area contributed by atoms with Gasteiger partial charge in [-0.15, -0.1) is 0 Å². The van der Waals surface area contributed by atoms with Crippen LogP contribution < -0.4 is 10.1 Å². The fourth-order valence-corrected chi connectivity index (χ4v) is 2.88. The van der Waals surface area contributed by atoms with E-state index in [1.165, 1.54) is 31.2 Å². The molecule has 19 heavy (non-hydrogen) atoms. The molecule has 2 fully saturated rings. The fourth-order valence-electron chi connectivity index (χ4n) is 2.88. The molecule has 3 rings (SSSR count). The SMILES string of the molecule is CCc1cccc(OCCNC(C2CC2)C2CC2)c1. The molecule has 0 aliphatic heterocycles. The molecule has 104 valence electrons. The van der Waals surface area contributed by atoms with Crippen LogP contribution in [0.5, 0.6) is 5.75 Å². The molecule has 0 spiro atoms. The number of nitrogens with one attached hydrogen (secondary N) is 1. The van der Waals surface area contributed by atoms with E-state index in [0.717, 1.165) is 43.2 Å². The Morgan fingerprint density at radius 3 is 2.58 bits per heavy atom. The Kier molecular flexibility index (Phi) is 4.07. The second-order valence-corrected chi connectivity index (χ2v) is 6.00. The number of ether oxygens (including phenoxy) is 1. The first-order valence-corrected chi connectivity index (χ1v) is 7.82. The van der Waals surface area contributed by atoms with Gasteiger partial charge in [0, 0.05) is 12.6 Å². The van der Waals surface area contributed by atoms with Crippen molar-refractivity contribution in [2.24, 2.45) is 11.8 Å². The molecular weight excluding hydrogens is 234 g/mol. The van der Waals surface area contributed by atoms with Crippen LogP contribution in [0, 0.1) is 11.8 Å². The predicted octanol–water partition coefficient (Wildman–Crippen LogP) is 3.41. The molecule has 0 radical (unpaired) electrons. The van der Waals surface area contributed by atoms with Crippen LogP contribution in [0.25, 0.3) is 0 Å². The summed E-state index contributed by atoms with van der Waals surface area (Å²) in [6.07, 6.45) is 6.82. The first-order chi connectivity index (χ1) is 9.36. The largest absolute Gasteiger partial charge is 0.492 e. The van der Waals surface area contributed by atoms with Gasteiger partial charge in [-0.3, -0.25) is 0 Å². The smallest absolute Gasteiger partial charge is 0.119 e. The minimum atomic E-state index is 0.781. The summed E-state index contributed by atoms with van der Waals surface area (Å²) in [6, 6.07) is 9.23. The van der Waals surface area contributed by atoms with E-state index in [-0.39, 0.29) is 0 Å². The average Bonchev–Trinajstić information content (AvgIpc) is 3.31. The summed E-state index contributed by atoms with van der Waals surface area (Å²) in [5.41, 5.74) is 1.35. The molecule has 0 heterocycles. The minimum absolute atomic E-state index is 0.781. The van der Waals surface area contributed by atoms with Crippen molar-refractivity contribution in [2.45, 2.75) is 45.1 Å². The van der Waals surface area contributed by atoms with E-state index in [1.807, 2.05) is 0 Å². The molecule has 2 nitrogen and oxygen atoms in total. The third kappa shape index (κ3) is 3.73. The molecule has 0 saturated heterocycles. The van der Waals surface area contributed by atoms with Gasteiger partial charge in [0.15, 0.2) is 0 Å². The fraction of sp³-hybridized carbons (Fsp3) is 0.647. The van der Waals surface area contributed by atoms with Gasteiger partial charge in [0.2, 0.25) is 0 Å². The van der Waals surface area contributed by atoms with Crippen molar-refractivity contribution in [1.82, 2.24) is 5.32 Å². The van der Waals surface area contributed by atoms with Gasteiger partial charge in [-0.05, 0) is 61.6 Å². The van der Waals surface area contributed by atoms with E-state index in [0.29, 0.717) is 0 Å². The molecule has 0 unspecified atom stereocenters. The van der Waals surface area contributed by atoms with Gasteiger partial charge in [-0.2, -0.15) is 0 Å². The van der Waals surface area contributed by atoms with E-state index in [1.54, 1.807) is 0 Å². The van der Waals surface area contributed by atoms with Crippen LogP contribution in [0.1, 0.15) is 38.2 Å². The first kappa shape index (κ1) is 13.0. The summed E-state index contributed by atoms with van der Waals surface area (Å²) in [6.45, 7) is 3.94. The summed E-state index contributed by atoms with van der Waals surface area (Å²) in [5, 5.41) is 3.72. The molecule has 0 bridgehead atoms. The number of rotatable bonds is 8. The maximum absolute atomic E-state index is 5.84. The Labute approximate surface area is 116 Å². The van der Waals surface area contributed by atoms with E-state index in [2.05, 4.69) is 36.5 Å². The third-order valence-electron chi connectivity index (χ3n) is 4.32. The van der Waals surface area contributed by atoms with Crippen LogP contribution >= 0.6 is 0 Å². The Hall–Kier alpha value is -1.02. The van der Waals surface area contributed by atoms with Gasteiger partial charge in [-0.25, -0.2) is 0 Å². The highest BCUT2D eigenvalue weighted by molar-refractivity contribution is 5.28. The zero-order valence-electron chi connectivity index (χ0n) is 11.9. The lowest BCUT2D eigenvalue weighted by Crippen LogP contribution is -2.36. The van der Waals surface area contributed by atoms with Crippen LogP contribution in [-0.2, 0) is 6.42 Å². The molecule has 2 saturated carbocycles. The Balaban J connectivity index is 1.39. The summed E-state index contributed by atoms with van der Waals surface area (Å²) >= 11 is 0. The second-order valence-electron chi connectivity index (χ2n) is 6.00. The molecule has 2 aliphatic rings.